The fourth-order valence-electron chi connectivity index (χ4n) is 1.90. The zero-order valence-electron chi connectivity index (χ0n) is 10.4. The molecule has 1 aromatic heterocycles. The molecule has 19 heavy (non-hydrogen) atoms. The van der Waals surface area contributed by atoms with E-state index in [2.05, 4.69) is 4.98 Å². The number of carbonyl (C=O) groups excluding carboxylic acids is 1. The van der Waals surface area contributed by atoms with Crippen LogP contribution in [0.25, 0.3) is 0 Å². The lowest BCUT2D eigenvalue weighted by molar-refractivity contribution is -0.146. The van der Waals surface area contributed by atoms with Gasteiger partial charge in [-0.15, -0.1) is 23.1 Å². The van der Waals surface area contributed by atoms with Crippen molar-refractivity contribution in [3.05, 3.63) is 16.6 Å². The number of carboxylic acid groups (broad SMARTS) is 1. The molecule has 0 unspecified atom stereocenters. The average molecular weight is 300 g/mol. The second-order valence-electron chi connectivity index (χ2n) is 4.47. The van der Waals surface area contributed by atoms with Crippen molar-refractivity contribution < 1.29 is 14.7 Å². The summed E-state index contributed by atoms with van der Waals surface area (Å²) >= 11 is 3.02. The Morgan fingerprint density at radius 2 is 2.32 bits per heavy atom. The van der Waals surface area contributed by atoms with Crippen LogP contribution in [-0.2, 0) is 15.3 Å². The first-order valence-corrected chi connectivity index (χ1v) is 8.22. The number of nitrogens with zero attached hydrogens (tertiary/aromatic N) is 2. The van der Waals surface area contributed by atoms with E-state index in [1.54, 1.807) is 5.51 Å². The fourth-order valence-corrected chi connectivity index (χ4v) is 3.37. The first-order valence-electron chi connectivity index (χ1n) is 6.13. The lowest BCUT2D eigenvalue weighted by Crippen LogP contribution is -2.47. The van der Waals surface area contributed by atoms with Gasteiger partial charge in [0.1, 0.15) is 6.54 Å². The highest BCUT2D eigenvalue weighted by Crippen LogP contribution is 2.25. The molecule has 1 saturated carbocycles. The van der Waals surface area contributed by atoms with Gasteiger partial charge in [-0.2, -0.15) is 0 Å². The third-order valence-electron chi connectivity index (χ3n) is 3.10. The zero-order valence-corrected chi connectivity index (χ0v) is 12.1. The summed E-state index contributed by atoms with van der Waals surface area (Å²) < 4.78 is 0. The van der Waals surface area contributed by atoms with E-state index >= 15 is 0 Å². The monoisotopic (exact) mass is 300 g/mol. The molecule has 1 aromatic rings. The van der Waals surface area contributed by atoms with Crippen LogP contribution in [0.1, 0.15) is 25.0 Å². The molecule has 0 atom stereocenters. The third-order valence-corrected chi connectivity index (χ3v) is 4.69. The van der Waals surface area contributed by atoms with Crippen LogP contribution < -0.4 is 0 Å². The van der Waals surface area contributed by atoms with Crippen LogP contribution in [-0.4, -0.2) is 45.2 Å². The van der Waals surface area contributed by atoms with Gasteiger partial charge in [0.25, 0.3) is 0 Å². The van der Waals surface area contributed by atoms with Crippen LogP contribution in [0.2, 0.25) is 0 Å². The minimum atomic E-state index is -0.940. The van der Waals surface area contributed by atoms with Crippen LogP contribution >= 0.6 is 23.1 Å². The SMILES string of the molecule is O=C(O)CN(C(=O)CSCc1cscn1)C1CCC1. The standard InChI is InChI=1S/C12H16N2O3S2/c15-11(7-18-5-9-6-19-8-13-9)14(4-12(16)17)10-2-1-3-10/h6,8,10H,1-5,7H2,(H,16,17). The van der Waals surface area contributed by atoms with E-state index < -0.39 is 5.97 Å². The predicted octanol–water partition coefficient (Wildman–Crippen LogP) is 1.84. The molecular formula is C12H16N2O3S2. The van der Waals surface area contributed by atoms with Crippen LogP contribution in [0.3, 0.4) is 0 Å². The molecule has 0 spiro atoms. The normalized spacial score (nSPS) is 14.9. The summed E-state index contributed by atoms with van der Waals surface area (Å²) in [6.45, 7) is -0.180. The molecule has 5 nitrogen and oxygen atoms in total. The lowest BCUT2D eigenvalue weighted by atomic mass is 9.91. The largest absolute Gasteiger partial charge is 0.480 e. The molecule has 0 radical (unpaired) electrons. The molecule has 1 aliphatic rings. The number of carboxylic acids is 1. The van der Waals surface area contributed by atoms with Gasteiger partial charge in [0.2, 0.25) is 5.91 Å². The molecule has 1 fully saturated rings. The highest BCUT2D eigenvalue weighted by Gasteiger charge is 2.29. The summed E-state index contributed by atoms with van der Waals surface area (Å²) in [7, 11) is 0. The van der Waals surface area contributed by atoms with Crippen molar-refractivity contribution >= 4 is 35.0 Å². The summed E-state index contributed by atoms with van der Waals surface area (Å²) in [4.78, 5) is 28.5. The Morgan fingerprint density at radius 3 is 2.84 bits per heavy atom. The Bertz CT molecular complexity index is 432. The van der Waals surface area contributed by atoms with Crippen molar-refractivity contribution in [2.45, 2.75) is 31.1 Å². The van der Waals surface area contributed by atoms with Crippen molar-refractivity contribution in [2.75, 3.05) is 12.3 Å². The highest BCUT2D eigenvalue weighted by molar-refractivity contribution is 7.99. The first kappa shape index (κ1) is 14.3. The molecule has 104 valence electrons. The maximum atomic E-state index is 12.1. The molecule has 1 aliphatic carbocycles. The van der Waals surface area contributed by atoms with Gasteiger partial charge in [-0.3, -0.25) is 9.59 Å². The number of thioether (sulfide) groups is 1. The average Bonchev–Trinajstić information content (AvgIpc) is 2.78. The minimum absolute atomic E-state index is 0.0765. The van der Waals surface area contributed by atoms with E-state index in [-0.39, 0.29) is 18.5 Å². The topological polar surface area (TPSA) is 70.5 Å². The molecule has 1 amide bonds. The van der Waals surface area contributed by atoms with Crippen molar-refractivity contribution in [1.29, 1.82) is 0 Å². The summed E-state index contributed by atoms with van der Waals surface area (Å²) in [5, 5.41) is 10.8. The number of aliphatic carboxylic acids is 1. The van der Waals surface area contributed by atoms with Gasteiger partial charge in [-0.1, -0.05) is 0 Å². The van der Waals surface area contributed by atoms with Crippen LogP contribution in [0.15, 0.2) is 10.9 Å². The van der Waals surface area contributed by atoms with Crippen molar-refractivity contribution in [3.8, 4) is 0 Å². The Morgan fingerprint density at radius 1 is 1.53 bits per heavy atom. The number of rotatable bonds is 7. The van der Waals surface area contributed by atoms with Gasteiger partial charge in [-0.25, -0.2) is 4.98 Å². The fraction of sp³-hybridized carbons (Fsp3) is 0.583. The molecule has 1 heterocycles. The zero-order chi connectivity index (χ0) is 13.7. The van der Waals surface area contributed by atoms with E-state index in [4.69, 9.17) is 5.11 Å². The van der Waals surface area contributed by atoms with E-state index in [9.17, 15) is 9.59 Å². The molecule has 0 bridgehead atoms. The van der Waals surface area contributed by atoms with E-state index in [0.29, 0.717) is 11.5 Å². The molecule has 0 aromatic carbocycles. The van der Waals surface area contributed by atoms with E-state index in [1.807, 2.05) is 5.38 Å². The Hall–Kier alpha value is -1.08. The lowest BCUT2D eigenvalue weighted by Gasteiger charge is -2.36. The Labute approximate surface area is 120 Å². The minimum Gasteiger partial charge on any atom is -0.480 e. The molecule has 0 aliphatic heterocycles. The van der Waals surface area contributed by atoms with Gasteiger partial charge >= 0.3 is 5.97 Å². The number of amides is 1. The number of hydrogen-bond acceptors (Lipinski definition) is 5. The maximum absolute atomic E-state index is 12.1. The van der Waals surface area contributed by atoms with E-state index in [0.717, 1.165) is 25.0 Å². The number of carbonyl (C=O) groups is 2. The predicted molar refractivity (Wildman–Crippen MR) is 75.3 cm³/mol. The second-order valence-corrected chi connectivity index (χ2v) is 6.18. The van der Waals surface area contributed by atoms with Crippen LogP contribution in [0, 0.1) is 0 Å². The molecule has 2 rings (SSSR count). The summed E-state index contributed by atoms with van der Waals surface area (Å²) in [6.07, 6.45) is 2.94. The van der Waals surface area contributed by atoms with Gasteiger partial charge in [0, 0.05) is 17.2 Å². The smallest absolute Gasteiger partial charge is 0.323 e. The van der Waals surface area contributed by atoms with Crippen molar-refractivity contribution in [3.63, 3.8) is 0 Å². The van der Waals surface area contributed by atoms with Crippen LogP contribution in [0.5, 0.6) is 0 Å². The summed E-state index contributed by atoms with van der Waals surface area (Å²) in [6, 6.07) is 0.128. The van der Waals surface area contributed by atoms with Crippen molar-refractivity contribution in [1.82, 2.24) is 9.88 Å². The molecule has 1 N–H and O–H groups in total. The third kappa shape index (κ3) is 4.21. The Balaban J connectivity index is 1.79. The summed E-state index contributed by atoms with van der Waals surface area (Å²) in [5.41, 5.74) is 2.74. The number of aromatic nitrogens is 1. The quantitative estimate of drug-likeness (QED) is 0.832. The van der Waals surface area contributed by atoms with E-state index in [1.165, 1.54) is 28.0 Å². The molecular weight excluding hydrogens is 284 g/mol. The number of hydrogen-bond donors (Lipinski definition) is 1. The molecule has 7 heteroatoms. The maximum Gasteiger partial charge on any atom is 0.323 e. The second kappa shape index (κ2) is 6.91. The van der Waals surface area contributed by atoms with Gasteiger partial charge in [0.05, 0.1) is 17.0 Å². The highest BCUT2D eigenvalue weighted by atomic mass is 32.2. The number of thiazole rings is 1. The molecule has 0 saturated heterocycles. The van der Waals surface area contributed by atoms with Gasteiger partial charge in [0.15, 0.2) is 0 Å². The Kier molecular flexibility index (Phi) is 5.21. The van der Waals surface area contributed by atoms with Gasteiger partial charge < -0.3 is 10.0 Å². The van der Waals surface area contributed by atoms with Gasteiger partial charge in [-0.05, 0) is 19.3 Å². The summed E-state index contributed by atoms with van der Waals surface area (Å²) in [5.74, 6) is -0.000595. The van der Waals surface area contributed by atoms with Crippen LogP contribution in [0.4, 0.5) is 0 Å². The first-order chi connectivity index (χ1) is 9.16. The van der Waals surface area contributed by atoms with Crippen molar-refractivity contribution in [2.24, 2.45) is 0 Å².